The van der Waals surface area contributed by atoms with Crippen molar-refractivity contribution in [3.8, 4) is 5.75 Å². The van der Waals surface area contributed by atoms with E-state index in [1.807, 2.05) is 32.3 Å². The van der Waals surface area contributed by atoms with Gasteiger partial charge in [-0.25, -0.2) is 4.98 Å². The molecule has 0 saturated heterocycles. The lowest BCUT2D eigenvalue weighted by molar-refractivity contribution is 0.243. The Morgan fingerprint density at radius 2 is 2.29 bits per heavy atom. The zero-order chi connectivity index (χ0) is 10.1. The number of ether oxygens (including phenoxy) is 1. The number of halogens is 1. The van der Waals surface area contributed by atoms with E-state index in [-0.39, 0.29) is 6.10 Å². The summed E-state index contributed by atoms with van der Waals surface area (Å²) >= 11 is 2.24. The highest BCUT2D eigenvalue weighted by atomic mass is 127. The fourth-order valence-corrected chi connectivity index (χ4v) is 1.87. The van der Waals surface area contributed by atoms with Crippen molar-refractivity contribution in [2.45, 2.75) is 20.0 Å². The second-order valence-corrected chi connectivity index (χ2v) is 4.50. The summed E-state index contributed by atoms with van der Waals surface area (Å²) in [5.74, 6) is 0.923. The SMILES string of the molecule is CC(C)Oc1c(I)cnc2[nH]ccc12. The van der Waals surface area contributed by atoms with Gasteiger partial charge in [0.2, 0.25) is 0 Å². The van der Waals surface area contributed by atoms with Gasteiger partial charge in [0.25, 0.3) is 0 Å². The summed E-state index contributed by atoms with van der Waals surface area (Å²) in [5, 5.41) is 1.05. The second-order valence-electron chi connectivity index (χ2n) is 3.34. The molecule has 74 valence electrons. The molecule has 0 bridgehead atoms. The number of aromatic nitrogens is 2. The molecule has 0 unspecified atom stereocenters. The average Bonchev–Trinajstić information content (AvgIpc) is 2.57. The van der Waals surface area contributed by atoms with E-state index in [2.05, 4.69) is 32.6 Å². The van der Waals surface area contributed by atoms with E-state index < -0.39 is 0 Å². The van der Waals surface area contributed by atoms with Crippen LogP contribution < -0.4 is 4.74 Å². The summed E-state index contributed by atoms with van der Waals surface area (Å²) in [4.78, 5) is 7.33. The van der Waals surface area contributed by atoms with Crippen molar-refractivity contribution in [1.29, 1.82) is 0 Å². The van der Waals surface area contributed by atoms with Gasteiger partial charge in [0.15, 0.2) is 0 Å². The van der Waals surface area contributed by atoms with E-state index in [0.29, 0.717) is 0 Å². The molecular formula is C10H11IN2O. The molecule has 2 rings (SSSR count). The lowest BCUT2D eigenvalue weighted by Crippen LogP contribution is -2.07. The first-order valence-corrected chi connectivity index (χ1v) is 5.54. The van der Waals surface area contributed by atoms with Gasteiger partial charge in [0.05, 0.1) is 15.1 Å². The molecule has 0 amide bonds. The number of hydrogen-bond donors (Lipinski definition) is 1. The monoisotopic (exact) mass is 302 g/mol. The Bertz CT molecular complexity index is 450. The van der Waals surface area contributed by atoms with Crippen LogP contribution in [0.3, 0.4) is 0 Å². The van der Waals surface area contributed by atoms with Crippen LogP contribution in [0.25, 0.3) is 11.0 Å². The Labute approximate surface area is 96.0 Å². The van der Waals surface area contributed by atoms with Gasteiger partial charge in [-0.2, -0.15) is 0 Å². The summed E-state index contributed by atoms with van der Waals surface area (Å²) in [6.07, 6.45) is 3.88. The molecule has 0 radical (unpaired) electrons. The van der Waals surface area contributed by atoms with Crippen molar-refractivity contribution in [3.05, 3.63) is 22.0 Å². The topological polar surface area (TPSA) is 37.9 Å². The molecule has 0 fully saturated rings. The molecule has 1 N–H and O–H groups in total. The van der Waals surface area contributed by atoms with E-state index in [0.717, 1.165) is 20.4 Å². The van der Waals surface area contributed by atoms with Crippen LogP contribution in [-0.4, -0.2) is 16.1 Å². The number of hydrogen-bond acceptors (Lipinski definition) is 2. The molecule has 0 saturated carbocycles. The first-order chi connectivity index (χ1) is 6.68. The first kappa shape index (κ1) is 9.76. The van der Waals surface area contributed by atoms with Crippen molar-refractivity contribution in [3.63, 3.8) is 0 Å². The van der Waals surface area contributed by atoms with Gasteiger partial charge >= 0.3 is 0 Å². The van der Waals surface area contributed by atoms with Crippen molar-refractivity contribution in [2.24, 2.45) is 0 Å². The highest BCUT2D eigenvalue weighted by molar-refractivity contribution is 14.1. The molecule has 0 spiro atoms. The van der Waals surface area contributed by atoms with Gasteiger partial charge in [-0.15, -0.1) is 0 Å². The van der Waals surface area contributed by atoms with Crippen molar-refractivity contribution in [1.82, 2.24) is 9.97 Å². The van der Waals surface area contributed by atoms with Crippen LogP contribution in [0.5, 0.6) is 5.75 Å². The number of nitrogens with zero attached hydrogens (tertiary/aromatic N) is 1. The molecule has 2 aromatic heterocycles. The van der Waals surface area contributed by atoms with Crippen LogP contribution in [-0.2, 0) is 0 Å². The van der Waals surface area contributed by atoms with Crippen LogP contribution in [0, 0.1) is 3.57 Å². The minimum absolute atomic E-state index is 0.184. The minimum atomic E-state index is 0.184. The minimum Gasteiger partial charge on any atom is -0.489 e. The van der Waals surface area contributed by atoms with Crippen LogP contribution in [0.2, 0.25) is 0 Å². The van der Waals surface area contributed by atoms with Crippen LogP contribution in [0.4, 0.5) is 0 Å². The Hall–Kier alpha value is -0.780. The van der Waals surface area contributed by atoms with Gasteiger partial charge in [0.1, 0.15) is 11.4 Å². The predicted molar refractivity (Wildman–Crippen MR) is 64.6 cm³/mol. The van der Waals surface area contributed by atoms with Crippen molar-refractivity contribution in [2.75, 3.05) is 0 Å². The Morgan fingerprint density at radius 3 is 3.00 bits per heavy atom. The summed E-state index contributed by atoms with van der Waals surface area (Å²) in [6.45, 7) is 4.05. The number of fused-ring (bicyclic) bond motifs is 1. The molecule has 0 aliphatic rings. The van der Waals surface area contributed by atoms with Gasteiger partial charge in [-0.05, 0) is 42.5 Å². The van der Waals surface area contributed by atoms with E-state index in [1.165, 1.54) is 0 Å². The molecule has 0 atom stereocenters. The fourth-order valence-electron chi connectivity index (χ4n) is 1.31. The third kappa shape index (κ3) is 1.70. The summed E-state index contributed by atoms with van der Waals surface area (Å²) in [5.41, 5.74) is 0.876. The van der Waals surface area contributed by atoms with E-state index in [4.69, 9.17) is 4.74 Å². The summed E-state index contributed by atoms with van der Waals surface area (Å²) < 4.78 is 6.79. The molecule has 3 nitrogen and oxygen atoms in total. The lowest BCUT2D eigenvalue weighted by Gasteiger charge is -2.11. The first-order valence-electron chi connectivity index (χ1n) is 4.46. The van der Waals surface area contributed by atoms with Gasteiger partial charge in [0, 0.05) is 12.4 Å². The second kappa shape index (κ2) is 3.76. The van der Waals surface area contributed by atoms with Crippen molar-refractivity contribution >= 4 is 33.6 Å². The largest absolute Gasteiger partial charge is 0.489 e. The zero-order valence-electron chi connectivity index (χ0n) is 8.04. The molecule has 0 aliphatic carbocycles. The maximum Gasteiger partial charge on any atom is 0.145 e. The highest BCUT2D eigenvalue weighted by Gasteiger charge is 2.10. The number of nitrogens with one attached hydrogen (secondary N) is 1. The summed E-state index contributed by atoms with van der Waals surface area (Å²) in [6, 6.07) is 1.99. The van der Waals surface area contributed by atoms with Gasteiger partial charge in [-0.3, -0.25) is 0 Å². The standard InChI is InChI=1S/C10H11IN2O/c1-6(2)14-9-7-3-4-12-10(7)13-5-8(9)11/h3-6H,1-2H3,(H,12,13). The van der Waals surface area contributed by atoms with E-state index in [9.17, 15) is 0 Å². The van der Waals surface area contributed by atoms with Crippen molar-refractivity contribution < 1.29 is 4.74 Å². The van der Waals surface area contributed by atoms with Crippen LogP contribution >= 0.6 is 22.6 Å². The van der Waals surface area contributed by atoms with E-state index >= 15 is 0 Å². The van der Waals surface area contributed by atoms with Crippen LogP contribution in [0.1, 0.15) is 13.8 Å². The zero-order valence-corrected chi connectivity index (χ0v) is 10.2. The number of pyridine rings is 1. The predicted octanol–water partition coefficient (Wildman–Crippen LogP) is 2.95. The van der Waals surface area contributed by atoms with Gasteiger partial charge < -0.3 is 9.72 Å². The molecule has 2 heterocycles. The molecule has 14 heavy (non-hydrogen) atoms. The maximum atomic E-state index is 5.75. The average molecular weight is 302 g/mol. The summed E-state index contributed by atoms with van der Waals surface area (Å²) in [7, 11) is 0. The Balaban J connectivity index is 2.58. The number of rotatable bonds is 2. The van der Waals surface area contributed by atoms with Crippen LogP contribution in [0.15, 0.2) is 18.5 Å². The normalized spacial score (nSPS) is 11.1. The third-order valence-corrected chi connectivity index (χ3v) is 2.62. The molecule has 4 heteroatoms. The number of H-pyrrole nitrogens is 1. The molecule has 0 aliphatic heterocycles. The molecule has 0 aromatic carbocycles. The maximum absolute atomic E-state index is 5.75. The lowest BCUT2D eigenvalue weighted by atomic mass is 10.3. The van der Waals surface area contributed by atoms with E-state index in [1.54, 1.807) is 0 Å². The smallest absolute Gasteiger partial charge is 0.145 e. The van der Waals surface area contributed by atoms with Gasteiger partial charge in [-0.1, -0.05) is 0 Å². The molecule has 2 aromatic rings. The highest BCUT2D eigenvalue weighted by Crippen LogP contribution is 2.29. The Morgan fingerprint density at radius 1 is 1.50 bits per heavy atom. The fraction of sp³-hybridized carbons (Fsp3) is 0.300. The third-order valence-electron chi connectivity index (χ3n) is 1.85. The molecular weight excluding hydrogens is 291 g/mol. The number of aromatic amines is 1. The Kier molecular flexibility index (Phi) is 2.62. The quantitative estimate of drug-likeness (QED) is 0.866.